The van der Waals surface area contributed by atoms with Gasteiger partial charge in [0.05, 0.1) is 25.2 Å². The van der Waals surface area contributed by atoms with E-state index in [2.05, 4.69) is 18.3 Å². The molecule has 2 fully saturated rings. The van der Waals surface area contributed by atoms with Crippen molar-refractivity contribution >= 4 is 11.6 Å². The summed E-state index contributed by atoms with van der Waals surface area (Å²) in [6, 6.07) is 0. The Hall–Kier alpha value is -1.08. The molecule has 1 heterocycles. The van der Waals surface area contributed by atoms with Crippen LogP contribution in [0.1, 0.15) is 77.6 Å². The number of fused-ring (bicyclic) bond motifs is 1. The number of hydrogen-bond donors (Lipinski definition) is 3. The first kappa shape index (κ1) is 24.6. The fourth-order valence-corrected chi connectivity index (χ4v) is 6.17. The summed E-state index contributed by atoms with van der Waals surface area (Å²) in [5, 5.41) is 12.9. The van der Waals surface area contributed by atoms with E-state index < -0.39 is 6.10 Å². The highest BCUT2D eigenvalue weighted by Crippen LogP contribution is 2.46. The molecule has 3 aliphatic rings. The van der Waals surface area contributed by atoms with Crippen LogP contribution in [0.25, 0.3) is 0 Å². The van der Waals surface area contributed by atoms with Crippen LogP contribution in [0.4, 0.5) is 0 Å². The van der Waals surface area contributed by atoms with Gasteiger partial charge in [-0.1, -0.05) is 25.8 Å². The molecule has 0 bridgehead atoms. The number of carbonyl (C=O) groups is 2. The first-order valence-electron chi connectivity index (χ1n) is 12.5. The summed E-state index contributed by atoms with van der Waals surface area (Å²) in [6.07, 6.45) is 10.6. The molecule has 6 unspecified atom stereocenters. The standard InChI is InChI=1S/C25H42N2O4/c1-3-4-5-6-19(28)13-22(29)16-7-9-20(17-8-10-25(26)27-15-17)21-14-23(30)24(31-2)12-18(21)11-16/h11,17-18,20-21,23-25,27,30H,3-10,12-15,26H2,1-2H3/p+1/t17?,18?,20-,21?,23?,24?,25?/m1/s1. The van der Waals surface area contributed by atoms with Crippen molar-refractivity contribution in [2.75, 3.05) is 13.7 Å². The lowest BCUT2D eigenvalue weighted by atomic mass is 9.65. The minimum atomic E-state index is -0.450. The van der Waals surface area contributed by atoms with Crippen LogP contribution in [-0.2, 0) is 14.3 Å². The average Bonchev–Trinajstić information content (AvgIpc) is 2.93. The van der Waals surface area contributed by atoms with Gasteiger partial charge in [0, 0.05) is 25.9 Å². The molecule has 3 rings (SSSR count). The number of ether oxygens (including phenoxy) is 1. The Morgan fingerprint density at radius 1 is 1.19 bits per heavy atom. The van der Waals surface area contributed by atoms with Gasteiger partial charge in [-0.05, 0) is 61.9 Å². The molecule has 0 aromatic rings. The van der Waals surface area contributed by atoms with Crippen LogP contribution in [0.5, 0.6) is 0 Å². The van der Waals surface area contributed by atoms with Gasteiger partial charge in [0.25, 0.3) is 0 Å². The zero-order chi connectivity index (χ0) is 22.4. The van der Waals surface area contributed by atoms with Crippen LogP contribution >= 0.6 is 0 Å². The summed E-state index contributed by atoms with van der Waals surface area (Å²) in [5.41, 5.74) is 6.94. The summed E-state index contributed by atoms with van der Waals surface area (Å²) in [6.45, 7) is 3.14. The largest absolute Gasteiger partial charge is 0.390 e. The normalized spacial score (nSPS) is 36.3. The van der Waals surface area contributed by atoms with Crippen molar-refractivity contribution in [2.45, 2.75) is 95.9 Å². The fraction of sp³-hybridized carbons (Fsp3) is 0.840. The number of Topliss-reactive ketones (excluding diaryl/α,β-unsaturated/α-hetero) is 2. The van der Waals surface area contributed by atoms with Crippen molar-refractivity contribution in [1.82, 2.24) is 0 Å². The third kappa shape index (κ3) is 6.47. The van der Waals surface area contributed by atoms with Gasteiger partial charge in [-0.15, -0.1) is 0 Å². The quantitative estimate of drug-likeness (QED) is 0.380. The molecular weight excluding hydrogens is 392 g/mol. The van der Waals surface area contributed by atoms with Crippen molar-refractivity contribution in [3.63, 3.8) is 0 Å². The van der Waals surface area contributed by atoms with E-state index in [4.69, 9.17) is 10.5 Å². The molecule has 1 saturated heterocycles. The van der Waals surface area contributed by atoms with Crippen molar-refractivity contribution in [3.05, 3.63) is 11.6 Å². The van der Waals surface area contributed by atoms with Crippen molar-refractivity contribution < 1.29 is 24.7 Å². The predicted molar refractivity (Wildman–Crippen MR) is 120 cm³/mol. The number of methoxy groups -OCH3 is 1. The number of rotatable bonds is 9. The maximum atomic E-state index is 13.0. The second kappa shape index (κ2) is 11.7. The molecule has 0 aromatic carbocycles. The number of unbranched alkanes of at least 4 members (excludes halogenated alkanes) is 2. The van der Waals surface area contributed by atoms with Gasteiger partial charge < -0.3 is 15.2 Å². The number of aliphatic hydroxyl groups excluding tert-OH is 1. The number of quaternary nitrogens is 1. The molecular formula is C25H43N2O4+. The molecule has 6 nitrogen and oxygen atoms in total. The second-order valence-corrected chi connectivity index (χ2v) is 10.1. The van der Waals surface area contributed by atoms with Gasteiger partial charge >= 0.3 is 0 Å². The topological polar surface area (TPSA) is 106 Å². The molecule has 7 atom stereocenters. The Morgan fingerprint density at radius 2 is 2.00 bits per heavy atom. The first-order valence-corrected chi connectivity index (χ1v) is 12.5. The zero-order valence-electron chi connectivity index (χ0n) is 19.4. The molecule has 0 spiro atoms. The molecule has 0 amide bonds. The molecule has 1 saturated carbocycles. The van der Waals surface area contributed by atoms with Crippen molar-refractivity contribution in [1.29, 1.82) is 0 Å². The van der Waals surface area contributed by atoms with Crippen LogP contribution in [0, 0.1) is 23.7 Å². The van der Waals surface area contributed by atoms with E-state index in [1.54, 1.807) is 7.11 Å². The Bertz CT molecular complexity index is 641. The maximum absolute atomic E-state index is 13.0. The number of piperidine rings is 1. The van der Waals surface area contributed by atoms with E-state index in [-0.39, 0.29) is 36.2 Å². The molecule has 31 heavy (non-hydrogen) atoms. The first-order chi connectivity index (χ1) is 14.9. The smallest absolute Gasteiger partial charge is 0.165 e. The van der Waals surface area contributed by atoms with Gasteiger partial charge in [-0.25, -0.2) is 0 Å². The van der Waals surface area contributed by atoms with E-state index in [0.29, 0.717) is 24.2 Å². The summed E-state index contributed by atoms with van der Waals surface area (Å²) >= 11 is 0. The number of carbonyl (C=O) groups excluding carboxylic acids is 2. The lowest BCUT2D eigenvalue weighted by Crippen LogP contribution is -2.95. The van der Waals surface area contributed by atoms with Crippen LogP contribution in [0.2, 0.25) is 0 Å². The van der Waals surface area contributed by atoms with Gasteiger partial charge in [0.2, 0.25) is 0 Å². The summed E-state index contributed by atoms with van der Waals surface area (Å²) in [7, 11) is 1.66. The monoisotopic (exact) mass is 435 g/mol. The lowest BCUT2D eigenvalue weighted by molar-refractivity contribution is -0.704. The van der Waals surface area contributed by atoms with Crippen LogP contribution in [-0.4, -0.2) is 48.7 Å². The Morgan fingerprint density at radius 3 is 2.68 bits per heavy atom. The van der Waals surface area contributed by atoms with E-state index in [9.17, 15) is 14.7 Å². The summed E-state index contributed by atoms with van der Waals surface area (Å²) in [5.74, 6) is 1.71. The van der Waals surface area contributed by atoms with Gasteiger partial charge in [0.1, 0.15) is 11.9 Å². The Kier molecular flexibility index (Phi) is 9.26. The van der Waals surface area contributed by atoms with E-state index >= 15 is 0 Å². The maximum Gasteiger partial charge on any atom is 0.165 e. The van der Waals surface area contributed by atoms with E-state index in [0.717, 1.165) is 69.9 Å². The third-order valence-corrected chi connectivity index (χ3v) is 8.01. The van der Waals surface area contributed by atoms with Gasteiger partial charge in [-0.3, -0.25) is 15.3 Å². The molecule has 1 aliphatic heterocycles. The SMILES string of the molecule is CCCCCC(=O)CC(=O)C1=CC2CC(OC)C(O)CC2[C@@H](C2CCC(N)[NH2+]C2)CC1. The minimum Gasteiger partial charge on any atom is -0.390 e. The number of nitrogens with two attached hydrogens (primary N) is 2. The second-order valence-electron chi connectivity index (χ2n) is 10.1. The highest BCUT2D eigenvalue weighted by molar-refractivity contribution is 6.07. The predicted octanol–water partition coefficient (Wildman–Crippen LogP) is 2.09. The molecule has 0 aromatic heterocycles. The molecule has 0 radical (unpaired) electrons. The van der Waals surface area contributed by atoms with Crippen LogP contribution in [0.15, 0.2) is 11.6 Å². The van der Waals surface area contributed by atoms with E-state index in [1.807, 2.05) is 0 Å². The number of hydrogen-bond acceptors (Lipinski definition) is 5. The molecule has 5 N–H and O–H groups in total. The van der Waals surface area contributed by atoms with Gasteiger partial charge in [0.15, 0.2) is 5.78 Å². The number of allylic oxidation sites excluding steroid dienone is 2. The molecule has 176 valence electrons. The Labute approximate surface area is 187 Å². The average molecular weight is 436 g/mol. The zero-order valence-corrected chi connectivity index (χ0v) is 19.4. The lowest BCUT2D eigenvalue weighted by Gasteiger charge is -2.43. The minimum absolute atomic E-state index is 0.0122. The fourth-order valence-electron chi connectivity index (χ4n) is 6.17. The Balaban J connectivity index is 1.73. The van der Waals surface area contributed by atoms with Crippen molar-refractivity contribution in [2.24, 2.45) is 29.4 Å². The van der Waals surface area contributed by atoms with Crippen molar-refractivity contribution in [3.8, 4) is 0 Å². The van der Waals surface area contributed by atoms with Crippen LogP contribution in [0.3, 0.4) is 0 Å². The highest BCUT2D eigenvalue weighted by atomic mass is 16.5. The molecule has 6 heteroatoms. The molecule has 2 aliphatic carbocycles. The number of ketones is 2. The third-order valence-electron chi connectivity index (χ3n) is 8.01. The summed E-state index contributed by atoms with van der Waals surface area (Å²) < 4.78 is 5.56. The van der Waals surface area contributed by atoms with Crippen LogP contribution < -0.4 is 11.1 Å². The number of aliphatic hydroxyl groups is 1. The van der Waals surface area contributed by atoms with E-state index in [1.165, 1.54) is 0 Å². The van der Waals surface area contributed by atoms with Gasteiger partial charge in [-0.2, -0.15) is 0 Å². The summed E-state index contributed by atoms with van der Waals surface area (Å²) in [4.78, 5) is 25.3. The highest BCUT2D eigenvalue weighted by Gasteiger charge is 2.44.